The molecule has 2 aliphatic rings. The van der Waals surface area contributed by atoms with Gasteiger partial charge in [0.2, 0.25) is 5.91 Å². The molecule has 2 fully saturated rings. The van der Waals surface area contributed by atoms with Gasteiger partial charge in [0.05, 0.1) is 12.6 Å². The zero-order chi connectivity index (χ0) is 10.7. The van der Waals surface area contributed by atoms with Gasteiger partial charge in [-0.15, -0.1) is 0 Å². The van der Waals surface area contributed by atoms with Crippen LogP contribution < -0.4 is 21.7 Å². The van der Waals surface area contributed by atoms with Gasteiger partial charge in [0.15, 0.2) is 0 Å². The number of carbonyl (C=O) groups is 1. The van der Waals surface area contributed by atoms with Gasteiger partial charge in [-0.3, -0.25) is 15.4 Å². The Balaban J connectivity index is 1.79. The molecule has 1 aliphatic heterocycles. The first-order chi connectivity index (χ1) is 7.24. The molecular weight excluding hydrogens is 192 g/mol. The van der Waals surface area contributed by atoms with E-state index in [2.05, 4.69) is 16.0 Å². The summed E-state index contributed by atoms with van der Waals surface area (Å²) in [4.78, 5) is 11.3. The lowest BCUT2D eigenvalue weighted by Gasteiger charge is -2.34. The number of amides is 1. The second-order valence-electron chi connectivity index (χ2n) is 4.48. The number of carbonyl (C=O) groups excluding carboxylic acids is 1. The molecule has 5 nitrogen and oxygen atoms in total. The molecule has 0 bridgehead atoms. The fourth-order valence-electron chi connectivity index (χ4n) is 2.33. The van der Waals surface area contributed by atoms with E-state index in [9.17, 15) is 4.79 Å². The van der Waals surface area contributed by atoms with E-state index in [-0.39, 0.29) is 18.4 Å². The number of nitrogens with one attached hydrogen (secondary N) is 3. The van der Waals surface area contributed by atoms with E-state index in [1.807, 2.05) is 0 Å². The Morgan fingerprint density at radius 1 is 1.27 bits per heavy atom. The van der Waals surface area contributed by atoms with Gasteiger partial charge in [0.1, 0.15) is 6.29 Å². The van der Waals surface area contributed by atoms with Crippen molar-refractivity contribution in [3.63, 3.8) is 0 Å². The van der Waals surface area contributed by atoms with E-state index < -0.39 is 0 Å². The van der Waals surface area contributed by atoms with Crippen LogP contribution in [-0.4, -0.2) is 24.4 Å². The molecule has 2 unspecified atom stereocenters. The molecule has 0 aromatic heterocycles. The van der Waals surface area contributed by atoms with E-state index in [1.54, 1.807) is 0 Å². The Morgan fingerprint density at radius 3 is 2.67 bits per heavy atom. The molecule has 1 saturated heterocycles. The lowest BCUT2D eigenvalue weighted by molar-refractivity contribution is -0.124. The molecule has 0 spiro atoms. The molecule has 1 aliphatic carbocycles. The summed E-state index contributed by atoms with van der Waals surface area (Å²) in [6.07, 6.45) is 6.29. The van der Waals surface area contributed by atoms with Crippen LogP contribution in [0.5, 0.6) is 0 Å². The minimum atomic E-state index is -0.222. The van der Waals surface area contributed by atoms with E-state index in [0.717, 1.165) is 0 Å². The molecule has 0 aromatic rings. The predicted molar refractivity (Wildman–Crippen MR) is 57.7 cm³/mol. The fraction of sp³-hybridized carbons (Fsp3) is 0.900. The van der Waals surface area contributed by atoms with Gasteiger partial charge < -0.3 is 11.1 Å². The van der Waals surface area contributed by atoms with Crippen molar-refractivity contribution in [3.8, 4) is 0 Å². The third-order valence-electron chi connectivity index (χ3n) is 3.10. The van der Waals surface area contributed by atoms with Crippen LogP contribution in [0.4, 0.5) is 0 Å². The van der Waals surface area contributed by atoms with Crippen LogP contribution in [0, 0.1) is 0 Å². The van der Waals surface area contributed by atoms with Crippen LogP contribution in [0.1, 0.15) is 38.5 Å². The topological polar surface area (TPSA) is 79.2 Å². The minimum absolute atomic E-state index is 0.0227. The van der Waals surface area contributed by atoms with Crippen molar-refractivity contribution in [2.24, 2.45) is 5.73 Å². The third kappa shape index (κ3) is 3.15. The smallest absolute Gasteiger partial charge is 0.225 e. The van der Waals surface area contributed by atoms with E-state index in [0.29, 0.717) is 12.5 Å². The van der Waals surface area contributed by atoms with Gasteiger partial charge in [0.25, 0.3) is 0 Å². The molecule has 2 rings (SSSR count). The van der Waals surface area contributed by atoms with Crippen molar-refractivity contribution in [2.75, 3.05) is 0 Å². The second kappa shape index (κ2) is 4.92. The summed E-state index contributed by atoms with van der Waals surface area (Å²) in [5.74, 6) is 0.0227. The number of rotatable bonds is 2. The maximum absolute atomic E-state index is 11.3. The summed E-state index contributed by atoms with van der Waals surface area (Å²) in [5, 5.41) is 9.38. The van der Waals surface area contributed by atoms with Crippen molar-refractivity contribution < 1.29 is 4.79 Å². The summed E-state index contributed by atoms with van der Waals surface area (Å²) >= 11 is 0. The Hall–Kier alpha value is -0.650. The molecule has 1 amide bonds. The van der Waals surface area contributed by atoms with Gasteiger partial charge in [-0.2, -0.15) is 0 Å². The molecule has 5 heteroatoms. The van der Waals surface area contributed by atoms with Gasteiger partial charge in [-0.25, -0.2) is 0 Å². The minimum Gasteiger partial charge on any atom is -0.328 e. The van der Waals surface area contributed by atoms with Gasteiger partial charge in [-0.05, 0) is 12.8 Å². The summed E-state index contributed by atoms with van der Waals surface area (Å²) in [5.41, 5.74) is 5.71. The summed E-state index contributed by atoms with van der Waals surface area (Å²) in [6.45, 7) is 0. The van der Waals surface area contributed by atoms with Crippen LogP contribution in [0.15, 0.2) is 0 Å². The maximum Gasteiger partial charge on any atom is 0.225 e. The van der Waals surface area contributed by atoms with Crippen LogP contribution in [0.3, 0.4) is 0 Å². The average Bonchev–Trinajstić information content (AvgIpc) is 2.17. The molecule has 1 heterocycles. The van der Waals surface area contributed by atoms with Crippen LogP contribution in [0.25, 0.3) is 0 Å². The molecule has 2 atom stereocenters. The SMILES string of the molecule is NC1CC(=O)NC(NC2CCCCC2)N1. The number of nitrogens with two attached hydrogens (primary N) is 1. The van der Waals surface area contributed by atoms with Crippen molar-refractivity contribution in [1.82, 2.24) is 16.0 Å². The molecular formula is C10H20N4O. The molecule has 5 N–H and O–H groups in total. The standard InChI is InChI=1S/C10H20N4O/c11-8-6-9(15)14-10(13-8)12-7-4-2-1-3-5-7/h7-8,10,12-13H,1-6,11H2,(H,14,15). The lowest BCUT2D eigenvalue weighted by Crippen LogP contribution is -2.66. The fourth-order valence-corrected chi connectivity index (χ4v) is 2.33. The summed E-state index contributed by atoms with van der Waals surface area (Å²) < 4.78 is 0. The summed E-state index contributed by atoms with van der Waals surface area (Å²) in [7, 11) is 0. The van der Waals surface area contributed by atoms with E-state index >= 15 is 0 Å². The molecule has 1 saturated carbocycles. The van der Waals surface area contributed by atoms with E-state index in [1.165, 1.54) is 32.1 Å². The first-order valence-corrected chi connectivity index (χ1v) is 5.81. The average molecular weight is 212 g/mol. The Kier molecular flexibility index (Phi) is 3.56. The van der Waals surface area contributed by atoms with Crippen LogP contribution >= 0.6 is 0 Å². The van der Waals surface area contributed by atoms with E-state index in [4.69, 9.17) is 5.73 Å². The Morgan fingerprint density at radius 2 is 2.00 bits per heavy atom. The normalized spacial score (nSPS) is 33.8. The molecule has 0 aromatic carbocycles. The highest BCUT2D eigenvalue weighted by atomic mass is 16.2. The molecule has 15 heavy (non-hydrogen) atoms. The first kappa shape index (κ1) is 10.9. The largest absolute Gasteiger partial charge is 0.328 e. The highest BCUT2D eigenvalue weighted by molar-refractivity contribution is 5.77. The Bertz CT molecular complexity index is 227. The van der Waals surface area contributed by atoms with Crippen LogP contribution in [-0.2, 0) is 4.79 Å². The zero-order valence-corrected chi connectivity index (χ0v) is 8.96. The third-order valence-corrected chi connectivity index (χ3v) is 3.10. The second-order valence-corrected chi connectivity index (χ2v) is 4.48. The molecule has 0 radical (unpaired) electrons. The molecule has 86 valence electrons. The monoisotopic (exact) mass is 212 g/mol. The predicted octanol–water partition coefficient (Wildman–Crippen LogP) is -0.413. The van der Waals surface area contributed by atoms with Crippen molar-refractivity contribution >= 4 is 5.91 Å². The van der Waals surface area contributed by atoms with Gasteiger partial charge in [0, 0.05) is 6.04 Å². The van der Waals surface area contributed by atoms with Crippen molar-refractivity contribution in [1.29, 1.82) is 0 Å². The summed E-state index contributed by atoms with van der Waals surface area (Å²) in [6, 6.07) is 0.516. The Labute approximate surface area is 90.2 Å². The van der Waals surface area contributed by atoms with Crippen molar-refractivity contribution in [3.05, 3.63) is 0 Å². The van der Waals surface area contributed by atoms with Gasteiger partial charge >= 0.3 is 0 Å². The van der Waals surface area contributed by atoms with Gasteiger partial charge in [-0.1, -0.05) is 19.3 Å². The number of hydrogen-bond donors (Lipinski definition) is 4. The highest BCUT2D eigenvalue weighted by Crippen LogP contribution is 2.17. The van der Waals surface area contributed by atoms with Crippen LogP contribution in [0.2, 0.25) is 0 Å². The van der Waals surface area contributed by atoms with Crippen molar-refractivity contribution in [2.45, 2.75) is 57.0 Å². The first-order valence-electron chi connectivity index (χ1n) is 5.81. The quantitative estimate of drug-likeness (QED) is 0.501. The lowest BCUT2D eigenvalue weighted by atomic mass is 9.95. The maximum atomic E-state index is 11.3. The zero-order valence-electron chi connectivity index (χ0n) is 8.96. The number of hydrogen-bond acceptors (Lipinski definition) is 4. The highest BCUT2D eigenvalue weighted by Gasteiger charge is 2.25.